The molecule has 0 bridgehead atoms. The molecule has 23 heavy (non-hydrogen) atoms. The lowest BCUT2D eigenvalue weighted by atomic mass is 9.99. The monoisotopic (exact) mass is 318 g/mol. The van der Waals surface area contributed by atoms with E-state index < -0.39 is 5.97 Å². The van der Waals surface area contributed by atoms with Crippen molar-refractivity contribution < 1.29 is 14.7 Å². The maximum absolute atomic E-state index is 12.3. The van der Waals surface area contributed by atoms with Crippen LogP contribution in [0.1, 0.15) is 38.3 Å². The number of rotatable bonds is 7. The third kappa shape index (κ3) is 4.79. The third-order valence-corrected chi connectivity index (χ3v) is 4.49. The molecular formula is C18H26N2O3. The number of likely N-dealkylation sites (tertiary alicyclic amines) is 1. The van der Waals surface area contributed by atoms with Crippen molar-refractivity contribution in [2.45, 2.75) is 32.7 Å². The van der Waals surface area contributed by atoms with Crippen molar-refractivity contribution >= 4 is 11.9 Å². The van der Waals surface area contributed by atoms with Crippen molar-refractivity contribution in [2.24, 2.45) is 11.8 Å². The fourth-order valence-corrected chi connectivity index (χ4v) is 3.26. The highest BCUT2D eigenvalue weighted by atomic mass is 16.4. The lowest BCUT2D eigenvalue weighted by molar-refractivity contribution is -0.142. The molecule has 1 amide bonds. The van der Waals surface area contributed by atoms with Crippen molar-refractivity contribution in [2.75, 3.05) is 19.6 Å². The summed E-state index contributed by atoms with van der Waals surface area (Å²) < 4.78 is 0. The molecule has 1 aromatic rings. The Kier molecular flexibility index (Phi) is 6.16. The van der Waals surface area contributed by atoms with Crippen LogP contribution < -0.4 is 5.32 Å². The fraction of sp³-hybridized carbons (Fsp3) is 0.556. The highest BCUT2D eigenvalue weighted by Crippen LogP contribution is 2.23. The Hall–Kier alpha value is -1.88. The smallest absolute Gasteiger partial charge is 0.308 e. The molecule has 126 valence electrons. The van der Waals surface area contributed by atoms with Crippen LogP contribution in [0.15, 0.2) is 30.3 Å². The summed E-state index contributed by atoms with van der Waals surface area (Å²) in [5.74, 6) is -1.09. The van der Waals surface area contributed by atoms with Crippen LogP contribution in [0.2, 0.25) is 0 Å². The summed E-state index contributed by atoms with van der Waals surface area (Å²) in [7, 11) is 0. The van der Waals surface area contributed by atoms with E-state index in [9.17, 15) is 14.7 Å². The molecule has 5 nitrogen and oxygen atoms in total. The van der Waals surface area contributed by atoms with Gasteiger partial charge >= 0.3 is 5.97 Å². The first kappa shape index (κ1) is 17.5. The average molecular weight is 318 g/mol. The van der Waals surface area contributed by atoms with Gasteiger partial charge in [-0.25, -0.2) is 0 Å². The van der Waals surface area contributed by atoms with Crippen LogP contribution in [0, 0.1) is 11.8 Å². The second-order valence-electron chi connectivity index (χ2n) is 6.44. The molecule has 1 heterocycles. The summed E-state index contributed by atoms with van der Waals surface area (Å²) in [6.07, 6.45) is 1.88. The molecule has 0 saturated carbocycles. The van der Waals surface area contributed by atoms with E-state index in [1.165, 1.54) is 0 Å². The SMILES string of the molecule is CCCC(NC(=O)CN1C[C@@H](C)[C@H](C(=O)O)C1)c1ccccc1. The lowest BCUT2D eigenvalue weighted by Crippen LogP contribution is -2.38. The summed E-state index contributed by atoms with van der Waals surface area (Å²) in [5, 5.41) is 12.3. The third-order valence-electron chi connectivity index (χ3n) is 4.49. The molecule has 1 saturated heterocycles. The van der Waals surface area contributed by atoms with Crippen LogP contribution in [-0.2, 0) is 9.59 Å². The first-order valence-electron chi connectivity index (χ1n) is 8.30. The van der Waals surface area contributed by atoms with Crippen molar-refractivity contribution in [3.63, 3.8) is 0 Å². The summed E-state index contributed by atoms with van der Waals surface area (Å²) in [4.78, 5) is 25.4. The predicted octanol–water partition coefficient (Wildman–Crippen LogP) is 2.30. The normalized spacial score (nSPS) is 22.7. The van der Waals surface area contributed by atoms with Gasteiger partial charge in [0.25, 0.3) is 0 Å². The van der Waals surface area contributed by atoms with E-state index in [0.29, 0.717) is 13.1 Å². The van der Waals surface area contributed by atoms with E-state index in [4.69, 9.17) is 0 Å². The summed E-state index contributed by atoms with van der Waals surface area (Å²) in [5.41, 5.74) is 1.11. The van der Waals surface area contributed by atoms with Gasteiger partial charge in [-0.05, 0) is 17.9 Å². The van der Waals surface area contributed by atoms with Gasteiger partial charge in [-0.2, -0.15) is 0 Å². The molecule has 0 aromatic heterocycles. The molecule has 1 fully saturated rings. The Morgan fingerprint density at radius 2 is 2.00 bits per heavy atom. The Morgan fingerprint density at radius 3 is 2.57 bits per heavy atom. The number of carbonyl (C=O) groups excluding carboxylic acids is 1. The van der Waals surface area contributed by atoms with Crippen LogP contribution in [0.3, 0.4) is 0 Å². The quantitative estimate of drug-likeness (QED) is 0.809. The number of nitrogens with zero attached hydrogens (tertiary/aromatic N) is 1. The van der Waals surface area contributed by atoms with Gasteiger partial charge in [-0.1, -0.05) is 50.6 Å². The van der Waals surface area contributed by atoms with E-state index in [-0.39, 0.29) is 30.3 Å². The standard InChI is InChI=1S/C18H26N2O3/c1-3-7-16(14-8-5-4-6-9-14)19-17(21)12-20-10-13(2)15(11-20)18(22)23/h4-6,8-9,13,15-16H,3,7,10-12H2,1-2H3,(H,19,21)(H,22,23)/t13-,15-,16?/m1/s1. The number of benzene rings is 1. The van der Waals surface area contributed by atoms with Gasteiger partial charge in [0.05, 0.1) is 18.5 Å². The molecule has 0 spiro atoms. The van der Waals surface area contributed by atoms with E-state index in [2.05, 4.69) is 12.2 Å². The van der Waals surface area contributed by atoms with Gasteiger partial charge in [0.2, 0.25) is 5.91 Å². The number of carboxylic acids is 1. The number of hydrogen-bond donors (Lipinski definition) is 2. The van der Waals surface area contributed by atoms with Crippen LogP contribution >= 0.6 is 0 Å². The first-order chi connectivity index (χ1) is 11.0. The van der Waals surface area contributed by atoms with Gasteiger partial charge in [-0.15, -0.1) is 0 Å². The Labute approximate surface area is 137 Å². The fourth-order valence-electron chi connectivity index (χ4n) is 3.26. The van der Waals surface area contributed by atoms with E-state index in [0.717, 1.165) is 18.4 Å². The summed E-state index contributed by atoms with van der Waals surface area (Å²) in [6.45, 7) is 5.41. The zero-order chi connectivity index (χ0) is 16.8. The van der Waals surface area contributed by atoms with Crippen LogP contribution in [0.4, 0.5) is 0 Å². The van der Waals surface area contributed by atoms with Crippen molar-refractivity contribution in [1.29, 1.82) is 0 Å². The maximum atomic E-state index is 12.3. The van der Waals surface area contributed by atoms with Gasteiger partial charge in [-0.3, -0.25) is 14.5 Å². The number of carbonyl (C=O) groups is 2. The predicted molar refractivity (Wildman–Crippen MR) is 89.0 cm³/mol. The molecule has 2 N–H and O–H groups in total. The molecule has 1 aromatic carbocycles. The number of amides is 1. The van der Waals surface area contributed by atoms with E-state index in [1.807, 2.05) is 42.2 Å². The molecule has 1 aliphatic heterocycles. The van der Waals surface area contributed by atoms with E-state index in [1.54, 1.807) is 0 Å². The van der Waals surface area contributed by atoms with Gasteiger partial charge in [0, 0.05) is 13.1 Å². The lowest BCUT2D eigenvalue weighted by Gasteiger charge is -2.21. The topological polar surface area (TPSA) is 69.6 Å². The second kappa shape index (κ2) is 8.11. The largest absolute Gasteiger partial charge is 0.481 e. The highest BCUT2D eigenvalue weighted by Gasteiger charge is 2.35. The zero-order valence-corrected chi connectivity index (χ0v) is 13.9. The van der Waals surface area contributed by atoms with Gasteiger partial charge in [0.15, 0.2) is 0 Å². The molecule has 5 heteroatoms. The summed E-state index contributed by atoms with van der Waals surface area (Å²) in [6, 6.07) is 9.99. The Balaban J connectivity index is 1.91. The van der Waals surface area contributed by atoms with Crippen molar-refractivity contribution in [3.05, 3.63) is 35.9 Å². The molecule has 0 aliphatic carbocycles. The van der Waals surface area contributed by atoms with Gasteiger partial charge < -0.3 is 10.4 Å². The minimum atomic E-state index is -0.770. The number of hydrogen-bond acceptors (Lipinski definition) is 3. The van der Waals surface area contributed by atoms with Crippen LogP contribution in [0.5, 0.6) is 0 Å². The minimum absolute atomic E-state index is 0.0176. The van der Waals surface area contributed by atoms with Crippen molar-refractivity contribution in [1.82, 2.24) is 10.2 Å². The minimum Gasteiger partial charge on any atom is -0.481 e. The first-order valence-corrected chi connectivity index (χ1v) is 8.30. The Morgan fingerprint density at radius 1 is 1.30 bits per heavy atom. The van der Waals surface area contributed by atoms with Gasteiger partial charge in [0.1, 0.15) is 0 Å². The number of nitrogens with one attached hydrogen (secondary N) is 1. The maximum Gasteiger partial charge on any atom is 0.308 e. The zero-order valence-electron chi connectivity index (χ0n) is 13.9. The highest BCUT2D eigenvalue weighted by molar-refractivity contribution is 5.79. The molecule has 0 radical (unpaired) electrons. The summed E-state index contributed by atoms with van der Waals surface area (Å²) >= 11 is 0. The molecule has 2 rings (SSSR count). The number of aliphatic carboxylic acids is 1. The molecule has 1 aliphatic rings. The van der Waals surface area contributed by atoms with E-state index >= 15 is 0 Å². The molecular weight excluding hydrogens is 292 g/mol. The Bertz CT molecular complexity index is 532. The second-order valence-corrected chi connectivity index (χ2v) is 6.44. The van der Waals surface area contributed by atoms with Crippen molar-refractivity contribution in [3.8, 4) is 0 Å². The number of carboxylic acid groups (broad SMARTS) is 1. The van der Waals surface area contributed by atoms with Crippen LogP contribution in [-0.4, -0.2) is 41.5 Å². The van der Waals surface area contributed by atoms with Crippen LogP contribution in [0.25, 0.3) is 0 Å². The average Bonchev–Trinajstić information content (AvgIpc) is 2.88. The molecule has 1 unspecified atom stereocenters. The molecule has 3 atom stereocenters.